The van der Waals surface area contributed by atoms with Crippen molar-refractivity contribution in [3.63, 3.8) is 0 Å². The summed E-state index contributed by atoms with van der Waals surface area (Å²) in [5, 5.41) is 3.12. The summed E-state index contributed by atoms with van der Waals surface area (Å²) >= 11 is 12.0. The maximum Gasteiger partial charge on any atom is 0.245 e. The Kier molecular flexibility index (Phi) is 6.32. The number of hydrogen-bond donors (Lipinski definition) is 1. The molecule has 0 aliphatic carbocycles. The van der Waals surface area contributed by atoms with Gasteiger partial charge in [0.15, 0.2) is 0 Å². The summed E-state index contributed by atoms with van der Waals surface area (Å²) in [6.45, 7) is 1.62. The second kappa shape index (κ2) is 8.08. The van der Waals surface area contributed by atoms with Crippen LogP contribution in [0.4, 0.5) is 11.4 Å². The van der Waals surface area contributed by atoms with E-state index < -0.39 is 15.9 Å². The molecular weight excluding hydrogens is 383 g/mol. The van der Waals surface area contributed by atoms with Crippen LogP contribution in [0.5, 0.6) is 0 Å². The summed E-state index contributed by atoms with van der Waals surface area (Å²) in [5.74, 6) is -0.542. The number of carbonyl (C=O) groups excluding carboxylic acids is 1. The van der Waals surface area contributed by atoms with E-state index in [0.29, 0.717) is 5.69 Å². The van der Waals surface area contributed by atoms with E-state index in [4.69, 9.17) is 23.2 Å². The van der Waals surface area contributed by atoms with Gasteiger partial charge in [-0.1, -0.05) is 48.3 Å². The van der Waals surface area contributed by atoms with Gasteiger partial charge in [0.1, 0.15) is 6.54 Å². The average Bonchev–Trinajstić information content (AvgIpc) is 2.55. The van der Waals surface area contributed by atoms with Crippen LogP contribution in [0.15, 0.2) is 42.5 Å². The molecule has 0 radical (unpaired) electrons. The minimum absolute atomic E-state index is 0.255. The molecule has 134 valence electrons. The van der Waals surface area contributed by atoms with Gasteiger partial charge < -0.3 is 5.32 Å². The van der Waals surface area contributed by atoms with E-state index >= 15 is 0 Å². The molecule has 0 saturated heterocycles. The minimum Gasteiger partial charge on any atom is -0.322 e. The van der Waals surface area contributed by atoms with Crippen LogP contribution in [0.3, 0.4) is 0 Å². The van der Waals surface area contributed by atoms with Gasteiger partial charge in [0.05, 0.1) is 27.7 Å². The van der Waals surface area contributed by atoms with Gasteiger partial charge in [0.25, 0.3) is 0 Å². The number of carbonyl (C=O) groups is 1. The predicted octanol–water partition coefficient (Wildman–Crippen LogP) is 3.96. The van der Waals surface area contributed by atoms with Gasteiger partial charge in [-0.3, -0.25) is 9.10 Å². The Labute approximate surface area is 157 Å². The first-order chi connectivity index (χ1) is 11.7. The van der Waals surface area contributed by atoms with Crippen LogP contribution in [-0.2, 0) is 21.2 Å². The lowest BCUT2D eigenvalue weighted by atomic mass is 10.1. The number of aryl methyl sites for hydroxylation is 1. The molecule has 0 aliphatic heterocycles. The quantitative estimate of drug-likeness (QED) is 0.797. The highest BCUT2D eigenvalue weighted by Crippen LogP contribution is 2.30. The van der Waals surface area contributed by atoms with Crippen molar-refractivity contribution in [1.82, 2.24) is 0 Å². The van der Waals surface area contributed by atoms with Crippen molar-refractivity contribution in [3.8, 4) is 0 Å². The fourth-order valence-corrected chi connectivity index (χ4v) is 3.57. The Hall–Kier alpha value is -1.76. The molecule has 2 aromatic rings. The summed E-state index contributed by atoms with van der Waals surface area (Å²) in [7, 11) is -3.64. The largest absolute Gasteiger partial charge is 0.322 e. The van der Waals surface area contributed by atoms with Gasteiger partial charge >= 0.3 is 0 Å². The zero-order chi connectivity index (χ0) is 18.6. The molecule has 1 amide bonds. The second-order valence-corrected chi connectivity index (χ2v) is 8.16. The molecular formula is C17H18Cl2N2O3S. The smallest absolute Gasteiger partial charge is 0.245 e. The van der Waals surface area contributed by atoms with Crippen molar-refractivity contribution in [3.05, 3.63) is 58.1 Å². The molecule has 25 heavy (non-hydrogen) atoms. The van der Waals surface area contributed by atoms with E-state index in [-0.39, 0.29) is 22.3 Å². The summed E-state index contributed by atoms with van der Waals surface area (Å²) in [4.78, 5) is 12.3. The first-order valence-corrected chi connectivity index (χ1v) is 10.1. The molecule has 2 rings (SSSR count). The van der Waals surface area contributed by atoms with Crippen LogP contribution in [0.1, 0.15) is 12.5 Å². The zero-order valence-corrected chi connectivity index (χ0v) is 16.1. The monoisotopic (exact) mass is 400 g/mol. The maximum atomic E-state index is 12.3. The van der Waals surface area contributed by atoms with Crippen LogP contribution in [0.2, 0.25) is 10.0 Å². The Balaban J connectivity index is 2.24. The Morgan fingerprint density at radius 1 is 1.08 bits per heavy atom. The Morgan fingerprint density at radius 2 is 1.64 bits per heavy atom. The molecule has 8 heteroatoms. The van der Waals surface area contributed by atoms with Crippen molar-refractivity contribution >= 4 is 50.5 Å². The Morgan fingerprint density at radius 3 is 2.12 bits per heavy atom. The lowest BCUT2D eigenvalue weighted by Gasteiger charge is -2.22. The van der Waals surface area contributed by atoms with Gasteiger partial charge in [-0.05, 0) is 36.2 Å². The normalized spacial score (nSPS) is 11.2. The number of hydrogen-bond acceptors (Lipinski definition) is 3. The first kappa shape index (κ1) is 19.6. The third-order valence-corrected chi connectivity index (χ3v) is 5.32. The fraction of sp³-hybridized carbons (Fsp3) is 0.235. The predicted molar refractivity (Wildman–Crippen MR) is 103 cm³/mol. The van der Waals surface area contributed by atoms with Crippen molar-refractivity contribution in [2.75, 3.05) is 22.4 Å². The summed E-state index contributed by atoms with van der Waals surface area (Å²) in [6, 6.07) is 11.8. The van der Waals surface area contributed by atoms with Gasteiger partial charge in [0.2, 0.25) is 15.9 Å². The number of anilines is 2. The minimum atomic E-state index is -3.64. The highest BCUT2D eigenvalue weighted by atomic mass is 35.5. The molecule has 0 bridgehead atoms. The fourth-order valence-electron chi connectivity index (χ4n) is 2.22. The van der Waals surface area contributed by atoms with Crippen LogP contribution in [0.25, 0.3) is 0 Å². The summed E-state index contributed by atoms with van der Waals surface area (Å²) in [5.41, 5.74) is 1.75. The topological polar surface area (TPSA) is 66.5 Å². The number of rotatable bonds is 6. The third kappa shape index (κ3) is 5.11. The molecule has 0 aromatic heterocycles. The lowest BCUT2D eigenvalue weighted by molar-refractivity contribution is -0.114. The van der Waals surface area contributed by atoms with Crippen molar-refractivity contribution < 1.29 is 13.2 Å². The van der Waals surface area contributed by atoms with Crippen molar-refractivity contribution in [2.24, 2.45) is 0 Å². The number of benzene rings is 2. The summed E-state index contributed by atoms with van der Waals surface area (Å²) in [6.07, 6.45) is 1.89. The van der Waals surface area contributed by atoms with E-state index in [1.165, 1.54) is 0 Å². The maximum absolute atomic E-state index is 12.3. The molecule has 2 aromatic carbocycles. The molecule has 5 nitrogen and oxygen atoms in total. The lowest BCUT2D eigenvalue weighted by Crippen LogP contribution is -2.37. The van der Waals surface area contributed by atoms with Crippen LogP contribution in [-0.4, -0.2) is 27.1 Å². The molecule has 0 fully saturated rings. The van der Waals surface area contributed by atoms with Gasteiger partial charge in [0, 0.05) is 0 Å². The average molecular weight is 401 g/mol. The van der Waals surface area contributed by atoms with E-state index in [1.54, 1.807) is 30.3 Å². The van der Waals surface area contributed by atoms with E-state index in [1.807, 2.05) is 19.1 Å². The third-order valence-electron chi connectivity index (χ3n) is 3.55. The number of para-hydroxylation sites is 1. The van der Waals surface area contributed by atoms with Gasteiger partial charge in [-0.25, -0.2) is 8.42 Å². The number of halogens is 2. The number of sulfonamides is 1. The number of amides is 1. The van der Waals surface area contributed by atoms with E-state index in [0.717, 1.165) is 22.5 Å². The molecule has 1 N–H and O–H groups in total. The van der Waals surface area contributed by atoms with Gasteiger partial charge in [-0.15, -0.1) is 0 Å². The van der Waals surface area contributed by atoms with Gasteiger partial charge in [-0.2, -0.15) is 0 Å². The Bertz CT molecular complexity index is 848. The van der Waals surface area contributed by atoms with Crippen LogP contribution >= 0.6 is 23.2 Å². The number of nitrogens with zero attached hydrogens (tertiary/aromatic N) is 1. The molecule has 0 aliphatic rings. The summed E-state index contributed by atoms with van der Waals surface area (Å²) < 4.78 is 25.2. The molecule has 0 saturated carbocycles. The number of nitrogens with one attached hydrogen (secondary N) is 1. The highest BCUT2D eigenvalue weighted by molar-refractivity contribution is 7.92. The second-order valence-electron chi connectivity index (χ2n) is 5.43. The molecule has 0 unspecified atom stereocenters. The SMILES string of the molecule is CCc1ccc(N(CC(=O)Nc2c(Cl)cccc2Cl)S(C)(=O)=O)cc1. The molecule has 0 atom stereocenters. The molecule has 0 heterocycles. The van der Waals surface area contributed by atoms with Crippen molar-refractivity contribution in [2.45, 2.75) is 13.3 Å². The first-order valence-electron chi connectivity index (χ1n) is 7.53. The standard InChI is InChI=1S/C17H18Cl2N2O3S/c1-3-12-7-9-13(10-8-12)21(25(2,23)24)11-16(22)20-17-14(18)5-4-6-15(17)19/h4-10H,3,11H2,1-2H3,(H,20,22). The zero-order valence-electron chi connectivity index (χ0n) is 13.8. The van der Waals surface area contributed by atoms with E-state index in [9.17, 15) is 13.2 Å². The van der Waals surface area contributed by atoms with Crippen LogP contribution < -0.4 is 9.62 Å². The van der Waals surface area contributed by atoms with Crippen LogP contribution in [0, 0.1) is 0 Å². The molecule has 0 spiro atoms. The highest BCUT2D eigenvalue weighted by Gasteiger charge is 2.21. The van der Waals surface area contributed by atoms with E-state index in [2.05, 4.69) is 5.32 Å². The van der Waals surface area contributed by atoms with Crippen molar-refractivity contribution in [1.29, 1.82) is 0 Å².